The number of aromatic nitrogens is 1. The molecule has 1 amide bonds. The van der Waals surface area contributed by atoms with Crippen LogP contribution in [0.15, 0.2) is 84.9 Å². The highest BCUT2D eigenvalue weighted by atomic mass is 16.6. The highest BCUT2D eigenvalue weighted by molar-refractivity contribution is 6.02. The molecule has 4 aromatic rings. The number of para-hydroxylation sites is 1. The van der Waals surface area contributed by atoms with E-state index in [0.717, 1.165) is 22.0 Å². The summed E-state index contributed by atoms with van der Waals surface area (Å²) in [4.78, 5) is 43.7. The number of methoxy groups -OCH3 is 1. The number of aromatic amines is 1. The Labute approximate surface area is 227 Å². The number of carbonyl (C=O) groups is 3. The van der Waals surface area contributed by atoms with Crippen LogP contribution < -0.4 is 10.1 Å². The third-order valence-corrected chi connectivity index (χ3v) is 7.29. The Morgan fingerprint density at radius 3 is 2.28 bits per heavy atom. The van der Waals surface area contributed by atoms with Crippen LogP contribution in [-0.4, -0.2) is 47.8 Å². The lowest BCUT2D eigenvalue weighted by Gasteiger charge is -2.23. The van der Waals surface area contributed by atoms with Gasteiger partial charge in [-0.1, -0.05) is 60.7 Å². The molecule has 1 aromatic heterocycles. The van der Waals surface area contributed by atoms with Crippen LogP contribution in [0.5, 0.6) is 5.75 Å². The van der Waals surface area contributed by atoms with Crippen LogP contribution in [0, 0.1) is 5.92 Å². The number of fused-ring (bicyclic) bond motifs is 1. The fourth-order valence-electron chi connectivity index (χ4n) is 4.83. The molecule has 0 bridgehead atoms. The van der Waals surface area contributed by atoms with Gasteiger partial charge in [0.1, 0.15) is 11.4 Å². The van der Waals surface area contributed by atoms with Crippen LogP contribution in [0.25, 0.3) is 10.9 Å². The Kier molecular flexibility index (Phi) is 7.61. The zero-order valence-corrected chi connectivity index (χ0v) is 22.1. The van der Waals surface area contributed by atoms with Gasteiger partial charge in [-0.05, 0) is 55.2 Å². The number of epoxide rings is 1. The molecule has 1 aliphatic rings. The summed E-state index contributed by atoms with van der Waals surface area (Å²) in [5.41, 5.74) is 2.26. The maximum Gasteiger partial charge on any atom is 0.224 e. The lowest BCUT2D eigenvalue weighted by Crippen LogP contribution is -2.49. The number of amides is 1. The van der Waals surface area contributed by atoms with Crippen molar-refractivity contribution in [2.45, 2.75) is 37.8 Å². The number of ether oxygens (including phenoxy) is 2. The molecule has 0 unspecified atom stereocenters. The Morgan fingerprint density at radius 1 is 0.949 bits per heavy atom. The summed E-state index contributed by atoms with van der Waals surface area (Å²) in [6, 6.07) is 25.7. The second-order valence-electron chi connectivity index (χ2n) is 10.3. The normalized spacial score (nSPS) is 17.8. The molecule has 0 saturated carbocycles. The van der Waals surface area contributed by atoms with E-state index in [0.29, 0.717) is 30.9 Å². The predicted octanol–water partition coefficient (Wildman–Crippen LogP) is 4.69. The van der Waals surface area contributed by atoms with Gasteiger partial charge in [0, 0.05) is 23.2 Å². The molecule has 7 nitrogen and oxygen atoms in total. The van der Waals surface area contributed by atoms with Gasteiger partial charge in [0.2, 0.25) is 5.91 Å². The monoisotopic (exact) mass is 524 g/mol. The first-order valence-corrected chi connectivity index (χ1v) is 13.1. The van der Waals surface area contributed by atoms with E-state index in [1.54, 1.807) is 14.0 Å². The maximum atomic E-state index is 13.8. The highest BCUT2D eigenvalue weighted by Crippen LogP contribution is 2.29. The van der Waals surface area contributed by atoms with Gasteiger partial charge in [0.25, 0.3) is 0 Å². The van der Waals surface area contributed by atoms with Crippen LogP contribution in [0.1, 0.15) is 35.0 Å². The molecule has 3 atom stereocenters. The van der Waals surface area contributed by atoms with E-state index < -0.39 is 17.6 Å². The molecule has 7 heteroatoms. The van der Waals surface area contributed by atoms with Gasteiger partial charge >= 0.3 is 0 Å². The minimum Gasteiger partial charge on any atom is -0.497 e. The number of nitrogens with one attached hydrogen (secondary N) is 2. The fourth-order valence-corrected chi connectivity index (χ4v) is 4.83. The van der Waals surface area contributed by atoms with Gasteiger partial charge in [-0.25, -0.2) is 0 Å². The van der Waals surface area contributed by atoms with E-state index >= 15 is 0 Å². The second kappa shape index (κ2) is 11.3. The molecular formula is C32H32N2O5. The summed E-state index contributed by atoms with van der Waals surface area (Å²) in [5, 5.41) is 3.92. The van der Waals surface area contributed by atoms with Gasteiger partial charge in [0.15, 0.2) is 11.6 Å². The molecule has 2 heterocycles. The fraction of sp³-hybridized carbons (Fsp3) is 0.281. The lowest BCUT2D eigenvalue weighted by atomic mass is 9.90. The van der Waals surface area contributed by atoms with Crippen molar-refractivity contribution < 1.29 is 23.9 Å². The van der Waals surface area contributed by atoms with E-state index in [1.807, 2.05) is 84.9 Å². The largest absolute Gasteiger partial charge is 0.497 e. The summed E-state index contributed by atoms with van der Waals surface area (Å²) >= 11 is 0. The van der Waals surface area contributed by atoms with Crippen molar-refractivity contribution in [2.75, 3.05) is 13.7 Å². The number of hydrogen-bond donors (Lipinski definition) is 2. The van der Waals surface area contributed by atoms with Crippen molar-refractivity contribution in [3.63, 3.8) is 0 Å². The van der Waals surface area contributed by atoms with E-state index in [9.17, 15) is 14.4 Å². The number of rotatable bonds is 12. The SMILES string of the molecule is COc1ccc(C[C@H](CC(=O)c2cc3ccccc3[nH]2)C(=O)N[C@@H](Cc2ccccc2)C(=O)[C@@]2(C)CO2)cc1. The van der Waals surface area contributed by atoms with Crippen molar-refractivity contribution in [1.82, 2.24) is 10.3 Å². The smallest absolute Gasteiger partial charge is 0.224 e. The van der Waals surface area contributed by atoms with Crippen molar-refractivity contribution in [2.24, 2.45) is 5.92 Å². The highest BCUT2D eigenvalue weighted by Gasteiger charge is 2.50. The summed E-state index contributed by atoms with van der Waals surface area (Å²) in [6.45, 7) is 2.08. The molecule has 1 saturated heterocycles. The van der Waals surface area contributed by atoms with E-state index in [4.69, 9.17) is 9.47 Å². The molecule has 200 valence electrons. The van der Waals surface area contributed by atoms with Gasteiger partial charge in [-0.3, -0.25) is 14.4 Å². The second-order valence-corrected chi connectivity index (χ2v) is 10.3. The van der Waals surface area contributed by atoms with Crippen LogP contribution in [0.2, 0.25) is 0 Å². The van der Waals surface area contributed by atoms with Crippen molar-refractivity contribution in [3.05, 3.63) is 102 Å². The predicted molar refractivity (Wildman–Crippen MR) is 149 cm³/mol. The van der Waals surface area contributed by atoms with E-state index in [2.05, 4.69) is 10.3 Å². The van der Waals surface area contributed by atoms with Gasteiger partial charge in [0.05, 0.1) is 25.5 Å². The third kappa shape index (κ3) is 6.26. The first kappa shape index (κ1) is 26.4. The number of ketones is 2. The number of hydrogen-bond acceptors (Lipinski definition) is 5. The van der Waals surface area contributed by atoms with Crippen molar-refractivity contribution in [3.8, 4) is 5.75 Å². The maximum absolute atomic E-state index is 13.8. The molecular weight excluding hydrogens is 492 g/mol. The average Bonchev–Trinajstić information content (AvgIpc) is 3.56. The number of H-pyrrole nitrogens is 1. The first-order valence-electron chi connectivity index (χ1n) is 13.1. The Morgan fingerprint density at radius 2 is 1.62 bits per heavy atom. The van der Waals surface area contributed by atoms with Gasteiger partial charge < -0.3 is 19.8 Å². The summed E-state index contributed by atoms with van der Waals surface area (Å²) in [7, 11) is 1.60. The number of carbonyl (C=O) groups excluding carboxylic acids is 3. The molecule has 1 aliphatic heterocycles. The topological polar surface area (TPSA) is 101 Å². The molecule has 39 heavy (non-hydrogen) atoms. The summed E-state index contributed by atoms with van der Waals surface area (Å²) in [6.07, 6.45) is 0.669. The van der Waals surface area contributed by atoms with Crippen molar-refractivity contribution in [1.29, 1.82) is 0 Å². The van der Waals surface area contributed by atoms with Gasteiger partial charge in [-0.15, -0.1) is 0 Å². The zero-order valence-electron chi connectivity index (χ0n) is 22.1. The Bertz CT molecular complexity index is 1440. The van der Waals surface area contributed by atoms with E-state index in [1.165, 1.54) is 0 Å². The molecule has 0 aliphatic carbocycles. The standard InChI is InChI=1S/C32H32N2O5/c1-32(20-39-32)30(36)28(17-21-8-4-3-5-9-21)34-31(37)24(16-22-12-14-25(38-2)15-13-22)19-29(35)27-18-23-10-6-7-11-26(23)33-27/h3-15,18,24,28,33H,16-17,19-20H2,1-2H3,(H,34,37)/t24-,28+,32-/m1/s1. The van der Waals surface area contributed by atoms with Crippen LogP contribution >= 0.6 is 0 Å². The third-order valence-electron chi connectivity index (χ3n) is 7.29. The summed E-state index contributed by atoms with van der Waals surface area (Å²) < 4.78 is 10.7. The van der Waals surface area contributed by atoms with Crippen LogP contribution in [0.3, 0.4) is 0 Å². The molecule has 0 radical (unpaired) electrons. The molecule has 5 rings (SSSR count). The minimum absolute atomic E-state index is 0.00923. The average molecular weight is 525 g/mol. The quantitative estimate of drug-likeness (QED) is 0.207. The lowest BCUT2D eigenvalue weighted by molar-refractivity contribution is -0.132. The summed E-state index contributed by atoms with van der Waals surface area (Å²) in [5.74, 6) is -0.640. The molecule has 1 fully saturated rings. The molecule has 3 aromatic carbocycles. The minimum atomic E-state index is -0.890. The first-order chi connectivity index (χ1) is 18.8. The van der Waals surface area contributed by atoms with Crippen LogP contribution in [-0.2, 0) is 27.2 Å². The van der Waals surface area contributed by atoms with E-state index in [-0.39, 0.29) is 23.9 Å². The molecule has 2 N–H and O–H groups in total. The Hall–Kier alpha value is -4.23. The Balaban J connectivity index is 1.39. The number of Topliss-reactive ketones (excluding diaryl/α,β-unsaturated/α-hetero) is 2. The van der Waals surface area contributed by atoms with Gasteiger partial charge in [-0.2, -0.15) is 0 Å². The molecule has 0 spiro atoms. The zero-order chi connectivity index (χ0) is 27.4. The van der Waals surface area contributed by atoms with Crippen molar-refractivity contribution >= 4 is 28.4 Å². The van der Waals surface area contributed by atoms with Crippen LogP contribution in [0.4, 0.5) is 0 Å². The number of benzene rings is 3.